The van der Waals surface area contributed by atoms with Crippen LogP contribution in [0.5, 0.6) is 0 Å². The van der Waals surface area contributed by atoms with Gasteiger partial charge in [-0.25, -0.2) is 9.78 Å². The quantitative estimate of drug-likeness (QED) is 0.816. The van der Waals surface area contributed by atoms with E-state index < -0.39 is 23.7 Å². The van der Waals surface area contributed by atoms with Gasteiger partial charge in [-0.05, 0) is 30.3 Å². The van der Waals surface area contributed by atoms with Gasteiger partial charge in [0.1, 0.15) is 5.15 Å². The maximum atomic E-state index is 12.6. The number of hydrogen-bond donors (Lipinski definition) is 2. The Morgan fingerprint density at radius 3 is 2.52 bits per heavy atom. The van der Waals surface area contributed by atoms with Crippen LogP contribution in [-0.2, 0) is 6.18 Å². The molecule has 0 fully saturated rings. The Labute approximate surface area is 133 Å². The minimum Gasteiger partial charge on any atom is -0.308 e. The summed E-state index contributed by atoms with van der Waals surface area (Å²) in [5.41, 5.74) is -1.06. The molecule has 0 atom stereocenters. The van der Waals surface area contributed by atoms with E-state index in [1.54, 1.807) is 0 Å². The number of pyridine rings is 1. The lowest BCUT2D eigenvalue weighted by atomic mass is 10.2. The number of hydrogen-bond acceptors (Lipinski definition) is 3. The molecule has 0 saturated heterocycles. The van der Waals surface area contributed by atoms with Crippen molar-refractivity contribution in [2.75, 3.05) is 5.32 Å². The first-order valence-corrected chi connectivity index (χ1v) is 6.55. The molecule has 0 aliphatic rings. The fraction of sp³-hybridized carbons (Fsp3) is 0.0714. The van der Waals surface area contributed by atoms with E-state index >= 15 is 0 Å². The highest BCUT2D eigenvalue weighted by Gasteiger charge is 2.30. The molecule has 2 rings (SSSR count). The Morgan fingerprint density at radius 1 is 1.13 bits per heavy atom. The molecule has 0 unspecified atom stereocenters. The number of carbonyl (C=O) groups is 2. The summed E-state index contributed by atoms with van der Waals surface area (Å²) < 4.78 is 37.7. The van der Waals surface area contributed by atoms with Crippen LogP contribution in [0.15, 0.2) is 42.6 Å². The van der Waals surface area contributed by atoms with Crippen LogP contribution in [0.2, 0.25) is 5.15 Å². The molecule has 2 aromatic rings. The smallest absolute Gasteiger partial charge is 0.308 e. The molecule has 1 aromatic heterocycles. The van der Waals surface area contributed by atoms with Crippen molar-refractivity contribution in [1.29, 1.82) is 0 Å². The first-order chi connectivity index (χ1) is 10.8. The third-order valence-electron chi connectivity index (χ3n) is 2.68. The number of rotatable bonds is 2. The van der Waals surface area contributed by atoms with Crippen LogP contribution >= 0.6 is 11.6 Å². The second-order valence-corrected chi connectivity index (χ2v) is 4.69. The Morgan fingerprint density at radius 2 is 1.87 bits per heavy atom. The summed E-state index contributed by atoms with van der Waals surface area (Å²) in [6.45, 7) is 0. The highest BCUT2D eigenvalue weighted by molar-refractivity contribution is 6.33. The van der Waals surface area contributed by atoms with Gasteiger partial charge in [-0.2, -0.15) is 13.2 Å². The second kappa shape index (κ2) is 6.66. The molecule has 0 bridgehead atoms. The molecule has 120 valence electrons. The number of urea groups is 1. The van der Waals surface area contributed by atoms with Gasteiger partial charge in [0, 0.05) is 11.9 Å². The third kappa shape index (κ3) is 4.43. The van der Waals surface area contributed by atoms with Crippen molar-refractivity contribution in [2.24, 2.45) is 0 Å². The molecule has 1 aromatic carbocycles. The summed E-state index contributed by atoms with van der Waals surface area (Å²) in [6.07, 6.45) is -3.17. The topological polar surface area (TPSA) is 71.1 Å². The average Bonchev–Trinajstić information content (AvgIpc) is 2.46. The predicted octanol–water partition coefficient (Wildman–Crippen LogP) is 3.72. The van der Waals surface area contributed by atoms with Crippen LogP contribution in [-0.4, -0.2) is 16.9 Å². The van der Waals surface area contributed by atoms with Gasteiger partial charge in [0.25, 0.3) is 5.91 Å². The summed E-state index contributed by atoms with van der Waals surface area (Å²) in [6, 6.07) is 5.82. The van der Waals surface area contributed by atoms with Gasteiger partial charge < -0.3 is 5.32 Å². The average molecular weight is 344 g/mol. The number of alkyl halides is 3. The molecular weight excluding hydrogens is 335 g/mol. The van der Waals surface area contributed by atoms with Crippen LogP contribution < -0.4 is 10.6 Å². The number of halogens is 4. The largest absolute Gasteiger partial charge is 0.416 e. The molecule has 1 heterocycles. The van der Waals surface area contributed by atoms with Gasteiger partial charge in [0.15, 0.2) is 0 Å². The molecule has 5 nitrogen and oxygen atoms in total. The minimum atomic E-state index is -4.53. The number of benzene rings is 1. The molecule has 0 spiro atoms. The normalized spacial score (nSPS) is 11.0. The van der Waals surface area contributed by atoms with Gasteiger partial charge in [-0.3, -0.25) is 10.1 Å². The lowest BCUT2D eigenvalue weighted by Crippen LogP contribution is -2.34. The lowest BCUT2D eigenvalue weighted by Gasteiger charge is -2.10. The van der Waals surface area contributed by atoms with Crippen molar-refractivity contribution in [3.8, 4) is 0 Å². The van der Waals surface area contributed by atoms with E-state index in [4.69, 9.17) is 11.6 Å². The van der Waals surface area contributed by atoms with Crippen LogP contribution in [0.1, 0.15) is 15.9 Å². The molecule has 0 aliphatic heterocycles. The van der Waals surface area contributed by atoms with Crippen molar-refractivity contribution in [1.82, 2.24) is 10.3 Å². The number of nitrogens with zero attached hydrogens (tertiary/aromatic N) is 1. The standard InChI is InChI=1S/C14H9ClF3N3O2/c15-11-10(5-2-6-19-11)12(22)21-13(23)20-9-4-1-3-8(7-9)14(16,17)18/h1-7H,(H2,20,21,22,23). The second-order valence-electron chi connectivity index (χ2n) is 4.33. The number of nitrogens with one attached hydrogen (secondary N) is 2. The zero-order chi connectivity index (χ0) is 17.0. The van der Waals surface area contributed by atoms with Crippen LogP contribution in [0.4, 0.5) is 23.7 Å². The van der Waals surface area contributed by atoms with Gasteiger partial charge in [0.2, 0.25) is 0 Å². The highest BCUT2D eigenvalue weighted by atomic mass is 35.5. The van der Waals surface area contributed by atoms with E-state index in [2.05, 4.69) is 10.3 Å². The molecule has 2 N–H and O–H groups in total. The molecular formula is C14H9ClF3N3O2. The fourth-order valence-electron chi connectivity index (χ4n) is 1.66. The van der Waals surface area contributed by atoms with Crippen molar-refractivity contribution < 1.29 is 22.8 Å². The zero-order valence-electron chi connectivity index (χ0n) is 11.3. The lowest BCUT2D eigenvalue weighted by molar-refractivity contribution is -0.137. The highest BCUT2D eigenvalue weighted by Crippen LogP contribution is 2.30. The minimum absolute atomic E-state index is 0.0339. The number of anilines is 1. The molecule has 0 radical (unpaired) electrons. The van der Waals surface area contributed by atoms with Crippen molar-refractivity contribution >= 4 is 29.2 Å². The van der Waals surface area contributed by atoms with E-state index in [1.807, 2.05) is 5.32 Å². The number of carbonyl (C=O) groups excluding carboxylic acids is 2. The Bertz CT molecular complexity index is 750. The molecule has 0 saturated carbocycles. The third-order valence-corrected chi connectivity index (χ3v) is 2.98. The molecule has 23 heavy (non-hydrogen) atoms. The fourth-order valence-corrected chi connectivity index (χ4v) is 1.87. The Balaban J connectivity index is 2.06. The van der Waals surface area contributed by atoms with Crippen LogP contribution in [0.25, 0.3) is 0 Å². The summed E-state index contributed by atoms with van der Waals surface area (Å²) >= 11 is 5.71. The van der Waals surface area contributed by atoms with E-state index in [-0.39, 0.29) is 16.4 Å². The number of imide groups is 1. The number of aromatic nitrogens is 1. The Kier molecular flexibility index (Phi) is 4.85. The maximum absolute atomic E-state index is 12.6. The van der Waals surface area contributed by atoms with Gasteiger partial charge in [-0.15, -0.1) is 0 Å². The van der Waals surface area contributed by atoms with E-state index in [9.17, 15) is 22.8 Å². The summed E-state index contributed by atoms with van der Waals surface area (Å²) in [4.78, 5) is 27.2. The Hall–Kier alpha value is -2.61. The van der Waals surface area contributed by atoms with Gasteiger partial charge in [-0.1, -0.05) is 17.7 Å². The van der Waals surface area contributed by atoms with Crippen molar-refractivity contribution in [3.63, 3.8) is 0 Å². The predicted molar refractivity (Wildman–Crippen MR) is 77.2 cm³/mol. The molecule has 3 amide bonds. The van der Waals surface area contributed by atoms with E-state index in [0.717, 1.165) is 18.2 Å². The summed E-state index contributed by atoms with van der Waals surface area (Å²) in [7, 11) is 0. The van der Waals surface area contributed by atoms with Crippen molar-refractivity contribution in [3.05, 3.63) is 58.9 Å². The summed E-state index contributed by atoms with van der Waals surface area (Å²) in [5.74, 6) is -0.826. The molecule has 9 heteroatoms. The van der Waals surface area contributed by atoms with E-state index in [1.165, 1.54) is 24.4 Å². The zero-order valence-corrected chi connectivity index (χ0v) is 12.1. The summed E-state index contributed by atoms with van der Waals surface area (Å²) in [5, 5.41) is 3.99. The van der Waals surface area contributed by atoms with Gasteiger partial charge >= 0.3 is 12.2 Å². The van der Waals surface area contributed by atoms with Crippen molar-refractivity contribution in [2.45, 2.75) is 6.18 Å². The maximum Gasteiger partial charge on any atom is 0.416 e. The SMILES string of the molecule is O=C(NC(=O)c1cccnc1Cl)Nc1cccc(C(F)(F)F)c1. The first kappa shape index (κ1) is 16.8. The van der Waals surface area contributed by atoms with Gasteiger partial charge in [0.05, 0.1) is 11.1 Å². The van der Waals surface area contributed by atoms with E-state index in [0.29, 0.717) is 0 Å². The molecule has 0 aliphatic carbocycles. The first-order valence-electron chi connectivity index (χ1n) is 6.17. The van der Waals surface area contributed by atoms with Crippen LogP contribution in [0.3, 0.4) is 0 Å². The van der Waals surface area contributed by atoms with Crippen LogP contribution in [0, 0.1) is 0 Å². The monoisotopic (exact) mass is 343 g/mol. The number of amides is 3.